The Balaban J connectivity index is 1.79. The average Bonchev–Trinajstić information content (AvgIpc) is 2.73. The Morgan fingerprint density at radius 3 is 2.50 bits per heavy atom. The monoisotopic (exact) mass is 395 g/mol. The Kier molecular flexibility index (Phi) is 7.44. The molecule has 0 amide bonds. The lowest BCUT2D eigenvalue weighted by Gasteiger charge is -2.11. The average molecular weight is 396 g/mol. The number of benzene rings is 2. The van der Waals surface area contributed by atoms with Gasteiger partial charge in [0.25, 0.3) is 0 Å². The molecule has 2 aromatic carbocycles. The number of para-hydroxylation sites is 1. The summed E-state index contributed by atoms with van der Waals surface area (Å²) in [5, 5.41) is 1.25. The maximum absolute atomic E-state index is 12.8. The lowest BCUT2D eigenvalue weighted by atomic mass is 10.0. The Morgan fingerprint density at radius 1 is 0.964 bits per heavy atom. The number of fused-ring (bicyclic) bond motifs is 1. The van der Waals surface area contributed by atoms with E-state index in [2.05, 4.69) is 11.9 Å². The van der Waals surface area contributed by atoms with Gasteiger partial charge < -0.3 is 4.74 Å². The van der Waals surface area contributed by atoms with Crippen LogP contribution in [0.15, 0.2) is 54.6 Å². The zero-order valence-electron chi connectivity index (χ0n) is 16.3. The highest BCUT2D eigenvalue weighted by Crippen LogP contribution is 2.29. The van der Waals surface area contributed by atoms with Gasteiger partial charge in [-0.25, -0.2) is 9.78 Å². The van der Waals surface area contributed by atoms with Crippen molar-refractivity contribution in [2.75, 3.05) is 6.61 Å². The molecule has 0 saturated heterocycles. The van der Waals surface area contributed by atoms with Crippen LogP contribution in [0.5, 0.6) is 0 Å². The highest BCUT2D eigenvalue weighted by molar-refractivity contribution is 6.35. The molecule has 3 aromatic rings. The summed E-state index contributed by atoms with van der Waals surface area (Å²) in [6.07, 6.45) is 6.92. The molecule has 0 atom stereocenters. The van der Waals surface area contributed by atoms with Crippen LogP contribution in [0.25, 0.3) is 22.2 Å². The number of rotatable bonds is 9. The van der Waals surface area contributed by atoms with Crippen LogP contribution < -0.4 is 0 Å². The fraction of sp³-hybridized carbons (Fsp3) is 0.333. The Hall–Kier alpha value is -2.39. The van der Waals surface area contributed by atoms with Gasteiger partial charge in [-0.2, -0.15) is 0 Å². The number of nitrogens with zero attached hydrogens (tertiary/aromatic N) is 1. The van der Waals surface area contributed by atoms with Gasteiger partial charge in [-0.05, 0) is 18.6 Å². The van der Waals surface area contributed by atoms with Crippen molar-refractivity contribution in [2.45, 2.75) is 45.4 Å². The normalized spacial score (nSPS) is 10.9. The first-order valence-electron chi connectivity index (χ1n) is 10.0. The van der Waals surface area contributed by atoms with Crippen molar-refractivity contribution in [2.24, 2.45) is 0 Å². The summed E-state index contributed by atoms with van der Waals surface area (Å²) in [7, 11) is 0. The summed E-state index contributed by atoms with van der Waals surface area (Å²) in [5.74, 6) is -0.319. The molecule has 1 heterocycles. The summed E-state index contributed by atoms with van der Waals surface area (Å²) in [4.78, 5) is 17.5. The molecule has 1 aromatic heterocycles. The Labute approximate surface area is 171 Å². The van der Waals surface area contributed by atoms with Crippen LogP contribution in [-0.2, 0) is 4.74 Å². The quantitative estimate of drug-likeness (QED) is 0.287. The fourth-order valence-corrected chi connectivity index (χ4v) is 3.48. The van der Waals surface area contributed by atoms with Gasteiger partial charge >= 0.3 is 5.97 Å². The number of halogens is 1. The molecule has 28 heavy (non-hydrogen) atoms. The van der Waals surface area contributed by atoms with Crippen molar-refractivity contribution in [1.82, 2.24) is 4.98 Å². The molecule has 0 N–H and O–H groups in total. The first-order chi connectivity index (χ1) is 13.7. The van der Waals surface area contributed by atoms with Crippen molar-refractivity contribution in [3.05, 3.63) is 65.2 Å². The summed E-state index contributed by atoms with van der Waals surface area (Å²) in [6, 6.07) is 17.1. The molecule has 0 aliphatic carbocycles. The summed E-state index contributed by atoms with van der Waals surface area (Å²) >= 11 is 6.37. The Bertz CT molecular complexity index is 925. The summed E-state index contributed by atoms with van der Waals surface area (Å²) < 4.78 is 5.56. The van der Waals surface area contributed by atoms with E-state index >= 15 is 0 Å². The molecular weight excluding hydrogens is 370 g/mol. The number of aromatic nitrogens is 1. The minimum Gasteiger partial charge on any atom is -0.462 e. The van der Waals surface area contributed by atoms with Crippen molar-refractivity contribution in [1.29, 1.82) is 0 Å². The fourth-order valence-electron chi connectivity index (χ4n) is 3.26. The van der Waals surface area contributed by atoms with Crippen molar-refractivity contribution in [3.63, 3.8) is 0 Å². The molecule has 0 radical (unpaired) electrons. The number of carbonyl (C=O) groups is 1. The second-order valence-electron chi connectivity index (χ2n) is 6.96. The lowest BCUT2D eigenvalue weighted by molar-refractivity contribution is 0.0500. The SMILES string of the molecule is CCCCCCCCOC(=O)c1cc(-c2ccccc2)nc2c(Cl)cccc12. The van der Waals surface area contributed by atoms with Crippen molar-refractivity contribution in [3.8, 4) is 11.3 Å². The third-order valence-electron chi connectivity index (χ3n) is 4.81. The maximum atomic E-state index is 12.8. The van der Waals surface area contributed by atoms with E-state index in [1.807, 2.05) is 42.5 Å². The molecule has 0 unspecified atom stereocenters. The molecule has 3 nitrogen and oxygen atoms in total. The number of carbonyl (C=O) groups excluding carboxylic acids is 1. The number of ether oxygens (including phenoxy) is 1. The topological polar surface area (TPSA) is 39.2 Å². The molecule has 4 heteroatoms. The largest absolute Gasteiger partial charge is 0.462 e. The van der Waals surface area contributed by atoms with Crippen LogP contribution in [0.3, 0.4) is 0 Å². The predicted octanol–water partition coefficient (Wildman–Crippen LogP) is 7.07. The third kappa shape index (κ3) is 5.11. The van der Waals surface area contributed by atoms with Gasteiger partial charge in [0, 0.05) is 10.9 Å². The summed E-state index contributed by atoms with van der Waals surface area (Å²) in [5.41, 5.74) is 2.79. The van der Waals surface area contributed by atoms with Gasteiger partial charge in [0.15, 0.2) is 0 Å². The van der Waals surface area contributed by atoms with E-state index in [-0.39, 0.29) is 5.97 Å². The smallest absolute Gasteiger partial charge is 0.338 e. The highest BCUT2D eigenvalue weighted by atomic mass is 35.5. The second kappa shape index (κ2) is 10.2. The zero-order valence-corrected chi connectivity index (χ0v) is 17.0. The first kappa shape index (κ1) is 20.3. The standard InChI is InChI=1S/C24H26ClNO2/c1-2-3-4-5-6-10-16-28-24(27)20-17-22(18-12-8-7-9-13-18)26-23-19(20)14-11-15-21(23)25/h7-9,11-15,17H,2-6,10,16H2,1H3. The summed E-state index contributed by atoms with van der Waals surface area (Å²) in [6.45, 7) is 2.65. The van der Waals surface area contributed by atoms with E-state index in [9.17, 15) is 4.79 Å². The molecule has 3 rings (SSSR count). The number of pyridine rings is 1. The first-order valence-corrected chi connectivity index (χ1v) is 10.4. The number of unbranched alkanes of at least 4 members (excludes halogenated alkanes) is 5. The van der Waals surface area contributed by atoms with Gasteiger partial charge in [0.05, 0.1) is 28.4 Å². The highest BCUT2D eigenvalue weighted by Gasteiger charge is 2.16. The van der Waals surface area contributed by atoms with E-state index in [1.165, 1.54) is 25.7 Å². The molecular formula is C24H26ClNO2. The van der Waals surface area contributed by atoms with E-state index in [1.54, 1.807) is 12.1 Å². The van der Waals surface area contributed by atoms with E-state index in [0.717, 1.165) is 23.8 Å². The third-order valence-corrected chi connectivity index (χ3v) is 5.12. The minimum absolute atomic E-state index is 0.319. The lowest BCUT2D eigenvalue weighted by Crippen LogP contribution is -2.08. The molecule has 146 valence electrons. The van der Waals surface area contributed by atoms with Gasteiger partial charge in [0.2, 0.25) is 0 Å². The van der Waals surface area contributed by atoms with Gasteiger partial charge in [0.1, 0.15) is 0 Å². The van der Waals surface area contributed by atoms with Crippen LogP contribution >= 0.6 is 11.6 Å². The molecule has 0 fully saturated rings. The zero-order chi connectivity index (χ0) is 19.8. The van der Waals surface area contributed by atoms with Gasteiger partial charge in [-0.1, -0.05) is 93.1 Å². The van der Waals surface area contributed by atoms with Gasteiger partial charge in [-0.3, -0.25) is 0 Å². The van der Waals surface area contributed by atoms with E-state index in [4.69, 9.17) is 16.3 Å². The van der Waals surface area contributed by atoms with Crippen LogP contribution in [-0.4, -0.2) is 17.6 Å². The van der Waals surface area contributed by atoms with Crippen LogP contribution in [0, 0.1) is 0 Å². The molecule has 0 aliphatic heterocycles. The molecule has 0 bridgehead atoms. The number of hydrogen-bond donors (Lipinski definition) is 0. The predicted molar refractivity (Wildman–Crippen MR) is 116 cm³/mol. The molecule has 0 aliphatic rings. The Morgan fingerprint density at radius 2 is 1.71 bits per heavy atom. The number of esters is 1. The maximum Gasteiger partial charge on any atom is 0.338 e. The van der Waals surface area contributed by atoms with Crippen LogP contribution in [0.1, 0.15) is 55.8 Å². The van der Waals surface area contributed by atoms with Crippen LogP contribution in [0.2, 0.25) is 5.02 Å². The number of hydrogen-bond acceptors (Lipinski definition) is 3. The van der Waals surface area contributed by atoms with Crippen LogP contribution in [0.4, 0.5) is 0 Å². The molecule has 0 saturated carbocycles. The van der Waals surface area contributed by atoms with Crippen molar-refractivity contribution >= 4 is 28.5 Å². The minimum atomic E-state index is -0.319. The van der Waals surface area contributed by atoms with E-state index in [0.29, 0.717) is 28.4 Å². The van der Waals surface area contributed by atoms with E-state index < -0.39 is 0 Å². The van der Waals surface area contributed by atoms with Crippen molar-refractivity contribution < 1.29 is 9.53 Å². The molecule has 0 spiro atoms. The van der Waals surface area contributed by atoms with Gasteiger partial charge in [-0.15, -0.1) is 0 Å². The second-order valence-corrected chi connectivity index (χ2v) is 7.37.